The molecule has 3 rings (SSSR count). The lowest BCUT2D eigenvalue weighted by Crippen LogP contribution is -2.31. The highest BCUT2D eigenvalue weighted by Crippen LogP contribution is 2.21. The fourth-order valence-electron chi connectivity index (χ4n) is 2.77. The number of fused-ring (bicyclic) bond motifs is 1. The van der Waals surface area contributed by atoms with Gasteiger partial charge in [-0.15, -0.1) is 11.3 Å². The van der Waals surface area contributed by atoms with E-state index >= 15 is 0 Å². The number of aromatic nitrogens is 1. The lowest BCUT2D eigenvalue weighted by Gasteiger charge is -2.23. The van der Waals surface area contributed by atoms with E-state index in [1.807, 2.05) is 40.7 Å². The first-order valence-corrected chi connectivity index (χ1v) is 9.24. The standard InChI is InChI=1S/C20H22N2OS/c1-3-4-11-22(13-17-8-6-5-7-15(17)2)20(23)16-9-10-18-19(12-16)24-14-21-18/h5-10,12,14H,3-4,11,13H2,1-2H3. The van der Waals surface area contributed by atoms with E-state index in [0.717, 1.165) is 35.2 Å². The van der Waals surface area contributed by atoms with E-state index in [1.165, 1.54) is 11.1 Å². The summed E-state index contributed by atoms with van der Waals surface area (Å²) in [6, 6.07) is 14.1. The highest BCUT2D eigenvalue weighted by Gasteiger charge is 2.17. The van der Waals surface area contributed by atoms with Crippen molar-refractivity contribution in [3.8, 4) is 0 Å². The molecule has 0 saturated heterocycles. The molecule has 3 aromatic rings. The Bertz CT molecular complexity index is 840. The average Bonchev–Trinajstić information content (AvgIpc) is 3.07. The predicted octanol–water partition coefficient (Wildman–Crippen LogP) is 5.05. The van der Waals surface area contributed by atoms with E-state index in [4.69, 9.17) is 0 Å². The summed E-state index contributed by atoms with van der Waals surface area (Å²) in [6.45, 7) is 5.69. The van der Waals surface area contributed by atoms with Gasteiger partial charge in [-0.25, -0.2) is 4.98 Å². The van der Waals surface area contributed by atoms with Crippen LogP contribution in [0.5, 0.6) is 0 Å². The first-order valence-electron chi connectivity index (χ1n) is 8.36. The minimum Gasteiger partial charge on any atom is -0.334 e. The van der Waals surface area contributed by atoms with Gasteiger partial charge < -0.3 is 4.90 Å². The Morgan fingerprint density at radius 2 is 2.04 bits per heavy atom. The molecule has 0 fully saturated rings. The Labute approximate surface area is 147 Å². The molecule has 124 valence electrons. The zero-order chi connectivity index (χ0) is 16.9. The Kier molecular flexibility index (Phi) is 5.26. The van der Waals surface area contributed by atoms with Gasteiger partial charge in [-0.2, -0.15) is 0 Å². The third-order valence-corrected chi connectivity index (χ3v) is 5.06. The second-order valence-corrected chi connectivity index (χ2v) is 6.93. The summed E-state index contributed by atoms with van der Waals surface area (Å²) in [7, 11) is 0. The zero-order valence-corrected chi connectivity index (χ0v) is 15.0. The molecule has 4 heteroatoms. The van der Waals surface area contributed by atoms with Crippen molar-refractivity contribution in [2.75, 3.05) is 6.54 Å². The molecule has 0 saturated carbocycles. The molecule has 0 aliphatic carbocycles. The third kappa shape index (κ3) is 3.65. The number of unbranched alkanes of at least 4 members (excludes halogenated alkanes) is 1. The Morgan fingerprint density at radius 1 is 1.21 bits per heavy atom. The molecule has 1 aromatic heterocycles. The van der Waals surface area contributed by atoms with Gasteiger partial charge in [0.15, 0.2) is 0 Å². The van der Waals surface area contributed by atoms with Crippen LogP contribution in [0.25, 0.3) is 10.2 Å². The molecule has 0 unspecified atom stereocenters. The maximum atomic E-state index is 13.0. The predicted molar refractivity (Wildman–Crippen MR) is 100 cm³/mol. The minimum atomic E-state index is 0.0991. The van der Waals surface area contributed by atoms with Gasteiger partial charge in [-0.3, -0.25) is 4.79 Å². The Morgan fingerprint density at radius 3 is 2.83 bits per heavy atom. The first kappa shape index (κ1) is 16.7. The van der Waals surface area contributed by atoms with Crippen LogP contribution >= 0.6 is 11.3 Å². The number of carbonyl (C=O) groups excluding carboxylic acids is 1. The quantitative estimate of drug-likeness (QED) is 0.630. The largest absolute Gasteiger partial charge is 0.334 e. The number of nitrogens with zero attached hydrogens (tertiary/aromatic N) is 2. The molecule has 2 aromatic carbocycles. The molecule has 1 amide bonds. The molecule has 3 nitrogen and oxygen atoms in total. The normalized spacial score (nSPS) is 10.9. The lowest BCUT2D eigenvalue weighted by atomic mass is 10.1. The highest BCUT2D eigenvalue weighted by atomic mass is 32.1. The van der Waals surface area contributed by atoms with Gasteiger partial charge in [0.1, 0.15) is 0 Å². The van der Waals surface area contributed by atoms with Crippen molar-refractivity contribution < 1.29 is 4.79 Å². The molecule has 0 atom stereocenters. The number of hydrogen-bond donors (Lipinski definition) is 0. The second-order valence-electron chi connectivity index (χ2n) is 6.04. The van der Waals surface area contributed by atoms with Crippen molar-refractivity contribution in [3.05, 3.63) is 64.7 Å². The smallest absolute Gasteiger partial charge is 0.254 e. The van der Waals surface area contributed by atoms with E-state index in [-0.39, 0.29) is 5.91 Å². The molecule has 0 aliphatic rings. The van der Waals surface area contributed by atoms with Crippen LogP contribution in [0.4, 0.5) is 0 Å². The van der Waals surface area contributed by atoms with Gasteiger partial charge in [0.2, 0.25) is 0 Å². The maximum Gasteiger partial charge on any atom is 0.254 e. The van der Waals surface area contributed by atoms with Gasteiger partial charge in [0, 0.05) is 18.7 Å². The fraction of sp³-hybridized carbons (Fsp3) is 0.300. The van der Waals surface area contributed by atoms with Crippen LogP contribution in [0, 0.1) is 6.92 Å². The molecular weight excluding hydrogens is 316 g/mol. The highest BCUT2D eigenvalue weighted by molar-refractivity contribution is 7.16. The van der Waals surface area contributed by atoms with Gasteiger partial charge in [-0.1, -0.05) is 37.6 Å². The number of amides is 1. The molecular formula is C20H22N2OS. The van der Waals surface area contributed by atoms with Crippen molar-refractivity contribution >= 4 is 27.5 Å². The topological polar surface area (TPSA) is 33.2 Å². The number of rotatable bonds is 6. The van der Waals surface area contributed by atoms with Gasteiger partial charge >= 0.3 is 0 Å². The summed E-state index contributed by atoms with van der Waals surface area (Å²) in [5.41, 5.74) is 5.96. The van der Waals surface area contributed by atoms with E-state index in [2.05, 4.69) is 31.0 Å². The summed E-state index contributed by atoms with van der Waals surface area (Å²) in [5, 5.41) is 0. The van der Waals surface area contributed by atoms with Crippen LogP contribution in [-0.4, -0.2) is 22.3 Å². The summed E-state index contributed by atoms with van der Waals surface area (Å²) in [4.78, 5) is 19.3. The molecule has 1 heterocycles. The Balaban J connectivity index is 1.86. The molecule has 0 radical (unpaired) electrons. The summed E-state index contributed by atoms with van der Waals surface area (Å²) >= 11 is 1.57. The van der Waals surface area contributed by atoms with Crippen LogP contribution in [0.15, 0.2) is 48.0 Å². The zero-order valence-electron chi connectivity index (χ0n) is 14.2. The van der Waals surface area contributed by atoms with Gasteiger partial charge in [-0.05, 0) is 42.7 Å². The summed E-state index contributed by atoms with van der Waals surface area (Å²) < 4.78 is 1.06. The summed E-state index contributed by atoms with van der Waals surface area (Å²) in [6.07, 6.45) is 2.09. The Hall–Kier alpha value is -2.20. The van der Waals surface area contributed by atoms with Crippen LogP contribution in [0.1, 0.15) is 41.3 Å². The van der Waals surface area contributed by atoms with Crippen LogP contribution in [0.3, 0.4) is 0 Å². The van der Waals surface area contributed by atoms with Crippen molar-refractivity contribution in [1.82, 2.24) is 9.88 Å². The fourth-order valence-corrected chi connectivity index (χ4v) is 3.48. The van der Waals surface area contributed by atoms with Crippen molar-refractivity contribution in [2.24, 2.45) is 0 Å². The monoisotopic (exact) mass is 338 g/mol. The number of aryl methyl sites for hydroxylation is 1. The van der Waals surface area contributed by atoms with Crippen molar-refractivity contribution in [2.45, 2.75) is 33.2 Å². The minimum absolute atomic E-state index is 0.0991. The lowest BCUT2D eigenvalue weighted by molar-refractivity contribution is 0.0741. The van der Waals surface area contributed by atoms with Crippen LogP contribution < -0.4 is 0 Å². The van der Waals surface area contributed by atoms with Crippen molar-refractivity contribution in [3.63, 3.8) is 0 Å². The van der Waals surface area contributed by atoms with E-state index in [1.54, 1.807) is 11.3 Å². The molecule has 0 aliphatic heterocycles. The SMILES string of the molecule is CCCCN(Cc1ccccc1C)C(=O)c1ccc2ncsc2c1. The average molecular weight is 338 g/mol. The number of thiazole rings is 1. The van der Waals surface area contributed by atoms with Crippen LogP contribution in [-0.2, 0) is 6.54 Å². The number of benzene rings is 2. The second kappa shape index (κ2) is 7.58. The van der Waals surface area contributed by atoms with E-state index in [0.29, 0.717) is 6.54 Å². The molecule has 0 spiro atoms. The first-order chi connectivity index (χ1) is 11.7. The van der Waals surface area contributed by atoms with Gasteiger partial charge in [0.25, 0.3) is 5.91 Å². The number of hydrogen-bond acceptors (Lipinski definition) is 3. The molecule has 0 N–H and O–H groups in total. The van der Waals surface area contributed by atoms with Crippen LogP contribution in [0.2, 0.25) is 0 Å². The van der Waals surface area contributed by atoms with Gasteiger partial charge in [0.05, 0.1) is 15.7 Å². The molecule has 24 heavy (non-hydrogen) atoms. The molecule has 0 bridgehead atoms. The maximum absolute atomic E-state index is 13.0. The van der Waals surface area contributed by atoms with Crippen molar-refractivity contribution in [1.29, 1.82) is 0 Å². The number of carbonyl (C=O) groups is 1. The summed E-state index contributed by atoms with van der Waals surface area (Å²) in [5.74, 6) is 0.0991. The van der Waals surface area contributed by atoms with E-state index < -0.39 is 0 Å². The third-order valence-electron chi connectivity index (χ3n) is 4.27. The van der Waals surface area contributed by atoms with E-state index in [9.17, 15) is 4.79 Å².